The summed E-state index contributed by atoms with van der Waals surface area (Å²) in [6.45, 7) is 5.23. The van der Waals surface area contributed by atoms with Gasteiger partial charge in [0.05, 0.1) is 0 Å². The second-order valence-electron chi connectivity index (χ2n) is 5.65. The van der Waals surface area contributed by atoms with Crippen LogP contribution in [0.25, 0.3) is 0 Å². The quantitative estimate of drug-likeness (QED) is 0.868. The van der Waals surface area contributed by atoms with Crippen LogP contribution >= 0.6 is 11.6 Å². The lowest BCUT2D eigenvalue weighted by atomic mass is 10.1. The van der Waals surface area contributed by atoms with E-state index in [1.54, 1.807) is 24.5 Å². The van der Waals surface area contributed by atoms with Crippen molar-refractivity contribution >= 4 is 17.5 Å². The standard InChI is InChI=1S/C17H19ClN4O/c1-13(14-3-2-5-19-12-14)21-7-9-22(10-8-21)17(23)16-11-15(18)4-6-20-16/h2-6,11-13H,7-10H2,1H3/t13-/m1/s1. The number of carbonyl (C=O) groups excluding carboxylic acids is 1. The van der Waals surface area contributed by atoms with Crippen molar-refractivity contribution in [3.8, 4) is 0 Å². The zero-order chi connectivity index (χ0) is 16.2. The monoisotopic (exact) mass is 330 g/mol. The van der Waals surface area contributed by atoms with Gasteiger partial charge in [0, 0.05) is 55.8 Å². The molecule has 0 unspecified atom stereocenters. The van der Waals surface area contributed by atoms with Crippen molar-refractivity contribution < 1.29 is 4.79 Å². The van der Waals surface area contributed by atoms with Gasteiger partial charge in [-0.05, 0) is 30.7 Å². The Hall–Kier alpha value is -1.98. The number of piperazine rings is 1. The summed E-state index contributed by atoms with van der Waals surface area (Å²) >= 11 is 5.94. The minimum absolute atomic E-state index is 0.0545. The van der Waals surface area contributed by atoms with Crippen molar-refractivity contribution in [2.45, 2.75) is 13.0 Å². The van der Waals surface area contributed by atoms with Gasteiger partial charge in [-0.3, -0.25) is 19.7 Å². The first-order valence-corrected chi connectivity index (χ1v) is 8.08. The Morgan fingerprint density at radius 2 is 2.00 bits per heavy atom. The molecule has 23 heavy (non-hydrogen) atoms. The van der Waals surface area contributed by atoms with E-state index in [0.717, 1.165) is 13.1 Å². The maximum absolute atomic E-state index is 12.5. The molecule has 0 aliphatic carbocycles. The van der Waals surface area contributed by atoms with Gasteiger partial charge in [0.25, 0.3) is 5.91 Å². The Labute approximate surface area is 140 Å². The van der Waals surface area contributed by atoms with E-state index in [1.807, 2.05) is 17.2 Å². The Morgan fingerprint density at radius 1 is 1.22 bits per heavy atom. The van der Waals surface area contributed by atoms with Crippen LogP contribution in [0.3, 0.4) is 0 Å². The predicted octanol–water partition coefficient (Wildman–Crippen LogP) is 2.65. The zero-order valence-corrected chi connectivity index (χ0v) is 13.8. The van der Waals surface area contributed by atoms with E-state index in [4.69, 9.17) is 11.6 Å². The van der Waals surface area contributed by atoms with E-state index in [-0.39, 0.29) is 5.91 Å². The van der Waals surface area contributed by atoms with Crippen molar-refractivity contribution in [3.05, 3.63) is 59.1 Å². The van der Waals surface area contributed by atoms with E-state index in [2.05, 4.69) is 27.9 Å². The number of halogens is 1. The average molecular weight is 331 g/mol. The molecule has 2 aromatic heterocycles. The van der Waals surface area contributed by atoms with Crippen LogP contribution in [-0.4, -0.2) is 51.9 Å². The number of aromatic nitrogens is 2. The highest BCUT2D eigenvalue weighted by Crippen LogP contribution is 2.21. The first-order valence-electron chi connectivity index (χ1n) is 7.70. The Bertz CT molecular complexity index is 671. The molecule has 0 spiro atoms. The molecular formula is C17H19ClN4O. The van der Waals surface area contributed by atoms with E-state index in [9.17, 15) is 4.79 Å². The van der Waals surface area contributed by atoms with Crippen molar-refractivity contribution in [1.29, 1.82) is 0 Å². The summed E-state index contributed by atoms with van der Waals surface area (Å²) in [5.41, 5.74) is 1.61. The molecule has 5 nitrogen and oxygen atoms in total. The highest BCUT2D eigenvalue weighted by molar-refractivity contribution is 6.30. The molecule has 3 rings (SSSR count). The topological polar surface area (TPSA) is 49.3 Å². The second-order valence-corrected chi connectivity index (χ2v) is 6.09. The van der Waals surface area contributed by atoms with Gasteiger partial charge in [0.15, 0.2) is 0 Å². The van der Waals surface area contributed by atoms with Gasteiger partial charge in [-0.25, -0.2) is 0 Å². The van der Waals surface area contributed by atoms with Gasteiger partial charge < -0.3 is 4.90 Å². The molecule has 1 aliphatic heterocycles. The zero-order valence-electron chi connectivity index (χ0n) is 13.0. The first-order chi connectivity index (χ1) is 11.1. The Kier molecular flexibility index (Phi) is 4.88. The van der Waals surface area contributed by atoms with Crippen molar-refractivity contribution in [2.75, 3.05) is 26.2 Å². The maximum Gasteiger partial charge on any atom is 0.272 e. The lowest BCUT2D eigenvalue weighted by molar-refractivity contribution is 0.0576. The summed E-state index contributed by atoms with van der Waals surface area (Å²) in [6, 6.07) is 7.63. The van der Waals surface area contributed by atoms with Crippen LogP contribution in [0.1, 0.15) is 29.0 Å². The second kappa shape index (κ2) is 7.06. The molecule has 3 heterocycles. The van der Waals surface area contributed by atoms with Gasteiger partial charge in [0.1, 0.15) is 5.69 Å². The molecule has 1 atom stereocenters. The maximum atomic E-state index is 12.5. The van der Waals surface area contributed by atoms with Gasteiger partial charge in [-0.15, -0.1) is 0 Å². The highest BCUT2D eigenvalue weighted by atomic mass is 35.5. The molecule has 120 valence electrons. The van der Waals surface area contributed by atoms with Crippen molar-refractivity contribution in [1.82, 2.24) is 19.8 Å². The average Bonchev–Trinajstić information content (AvgIpc) is 2.61. The number of hydrogen-bond donors (Lipinski definition) is 0. The fraction of sp³-hybridized carbons (Fsp3) is 0.353. The van der Waals surface area contributed by atoms with Crippen LogP contribution in [0.4, 0.5) is 0 Å². The summed E-state index contributed by atoms with van der Waals surface area (Å²) < 4.78 is 0. The SMILES string of the molecule is C[C@H](c1cccnc1)N1CCN(C(=O)c2cc(Cl)ccn2)CC1. The lowest BCUT2D eigenvalue weighted by Crippen LogP contribution is -2.49. The van der Waals surface area contributed by atoms with Crippen LogP contribution in [0.2, 0.25) is 5.02 Å². The number of hydrogen-bond acceptors (Lipinski definition) is 4. The minimum Gasteiger partial charge on any atom is -0.335 e. The summed E-state index contributed by atoms with van der Waals surface area (Å²) in [4.78, 5) is 25.0. The third kappa shape index (κ3) is 3.68. The molecule has 0 N–H and O–H groups in total. The van der Waals surface area contributed by atoms with Crippen LogP contribution < -0.4 is 0 Å². The lowest BCUT2D eigenvalue weighted by Gasteiger charge is -2.38. The molecule has 1 amide bonds. The number of amides is 1. The van der Waals surface area contributed by atoms with Crippen LogP contribution in [0, 0.1) is 0 Å². The predicted molar refractivity (Wildman–Crippen MR) is 89.4 cm³/mol. The molecule has 0 bridgehead atoms. The third-order valence-corrected chi connectivity index (χ3v) is 4.49. The summed E-state index contributed by atoms with van der Waals surface area (Å²) in [5.74, 6) is -0.0545. The van der Waals surface area contributed by atoms with Gasteiger partial charge in [0.2, 0.25) is 0 Å². The van der Waals surface area contributed by atoms with Gasteiger partial charge >= 0.3 is 0 Å². The summed E-state index contributed by atoms with van der Waals surface area (Å²) in [7, 11) is 0. The number of nitrogens with zero attached hydrogens (tertiary/aromatic N) is 4. The first kappa shape index (κ1) is 15.9. The number of carbonyl (C=O) groups is 1. The smallest absolute Gasteiger partial charge is 0.272 e. The molecule has 1 aliphatic rings. The molecule has 6 heteroatoms. The fourth-order valence-corrected chi connectivity index (χ4v) is 2.99. The molecule has 0 saturated carbocycles. The normalized spacial score (nSPS) is 17.0. The Balaban J connectivity index is 1.61. The molecule has 0 aromatic carbocycles. The van der Waals surface area contributed by atoms with Crippen molar-refractivity contribution in [3.63, 3.8) is 0 Å². The van der Waals surface area contributed by atoms with Crippen LogP contribution in [0.5, 0.6) is 0 Å². The highest BCUT2D eigenvalue weighted by Gasteiger charge is 2.26. The molecule has 2 aromatic rings. The van der Waals surface area contributed by atoms with Gasteiger partial charge in [-0.2, -0.15) is 0 Å². The van der Waals surface area contributed by atoms with Crippen molar-refractivity contribution in [2.24, 2.45) is 0 Å². The Morgan fingerprint density at radius 3 is 2.65 bits per heavy atom. The van der Waals surface area contributed by atoms with E-state index in [1.165, 1.54) is 5.56 Å². The van der Waals surface area contributed by atoms with E-state index >= 15 is 0 Å². The van der Waals surface area contributed by atoms with E-state index < -0.39 is 0 Å². The summed E-state index contributed by atoms with van der Waals surface area (Å²) in [6.07, 6.45) is 5.25. The fourth-order valence-electron chi connectivity index (χ4n) is 2.83. The molecule has 1 saturated heterocycles. The molecular weight excluding hydrogens is 312 g/mol. The molecule has 1 fully saturated rings. The third-order valence-electron chi connectivity index (χ3n) is 4.26. The van der Waals surface area contributed by atoms with Crippen LogP contribution in [0.15, 0.2) is 42.9 Å². The van der Waals surface area contributed by atoms with E-state index in [0.29, 0.717) is 29.8 Å². The van der Waals surface area contributed by atoms with Crippen LogP contribution in [-0.2, 0) is 0 Å². The summed E-state index contributed by atoms with van der Waals surface area (Å²) in [5, 5.41) is 0.534. The van der Waals surface area contributed by atoms with Gasteiger partial charge in [-0.1, -0.05) is 17.7 Å². The number of pyridine rings is 2. The largest absolute Gasteiger partial charge is 0.335 e. The minimum atomic E-state index is -0.0545. The molecule has 0 radical (unpaired) electrons. The number of rotatable bonds is 3.